The Labute approximate surface area is 106 Å². The first-order valence-corrected chi connectivity index (χ1v) is 5.61. The number of nitrogens with one attached hydrogen (secondary N) is 1. The summed E-state index contributed by atoms with van der Waals surface area (Å²) >= 11 is 4.91. The number of phenolic OH excluding ortho intramolecular Hbond substituents is 1. The summed E-state index contributed by atoms with van der Waals surface area (Å²) in [7, 11) is 0. The van der Waals surface area contributed by atoms with Crippen molar-refractivity contribution in [2.24, 2.45) is 11.1 Å². The lowest BCUT2D eigenvalue weighted by Crippen LogP contribution is -2.41. The van der Waals surface area contributed by atoms with Gasteiger partial charge in [0.1, 0.15) is 5.75 Å². The van der Waals surface area contributed by atoms with Crippen LogP contribution in [0.1, 0.15) is 24.2 Å². The monoisotopic (exact) mass is 252 g/mol. The topological polar surface area (TPSA) is 75.3 Å². The summed E-state index contributed by atoms with van der Waals surface area (Å²) in [5, 5.41) is 12.0. The predicted molar refractivity (Wildman–Crippen MR) is 71.0 cm³/mol. The molecule has 0 unspecified atom stereocenters. The van der Waals surface area contributed by atoms with Gasteiger partial charge in [0.2, 0.25) is 0 Å². The van der Waals surface area contributed by atoms with Crippen LogP contribution in [0, 0.1) is 5.41 Å². The van der Waals surface area contributed by atoms with Crippen LogP contribution in [0.2, 0.25) is 0 Å². The van der Waals surface area contributed by atoms with E-state index in [1.807, 2.05) is 13.8 Å². The zero-order chi connectivity index (χ0) is 13.1. The smallest absolute Gasteiger partial charge is 0.251 e. The van der Waals surface area contributed by atoms with Gasteiger partial charge in [-0.1, -0.05) is 32.1 Å². The minimum Gasteiger partial charge on any atom is -0.508 e. The maximum Gasteiger partial charge on any atom is 0.251 e. The average molecular weight is 252 g/mol. The van der Waals surface area contributed by atoms with Crippen LogP contribution in [0.25, 0.3) is 0 Å². The Hall–Kier alpha value is -1.62. The Morgan fingerprint density at radius 2 is 2.18 bits per heavy atom. The van der Waals surface area contributed by atoms with Crippen molar-refractivity contribution in [3.63, 3.8) is 0 Å². The van der Waals surface area contributed by atoms with Crippen LogP contribution in [-0.4, -0.2) is 22.5 Å². The second-order valence-corrected chi connectivity index (χ2v) is 4.92. The fourth-order valence-corrected chi connectivity index (χ4v) is 1.21. The number of thiocarbonyl (C=S) groups is 1. The van der Waals surface area contributed by atoms with Gasteiger partial charge < -0.3 is 16.2 Å². The molecule has 0 saturated heterocycles. The fraction of sp³-hybridized carbons (Fsp3) is 0.333. The first-order chi connectivity index (χ1) is 7.83. The van der Waals surface area contributed by atoms with Gasteiger partial charge in [0, 0.05) is 17.5 Å². The molecule has 5 heteroatoms. The van der Waals surface area contributed by atoms with Gasteiger partial charge in [-0.25, -0.2) is 0 Å². The highest BCUT2D eigenvalue weighted by atomic mass is 32.1. The lowest BCUT2D eigenvalue weighted by molar-refractivity contribution is 0.0944. The van der Waals surface area contributed by atoms with Crippen molar-refractivity contribution in [2.75, 3.05) is 6.54 Å². The standard InChI is InChI=1S/C12H16N2O2S/c1-12(2,11(13)17)7-14-10(16)8-4-3-5-9(15)6-8/h3-6,15H,7H2,1-2H3,(H2,13,17)(H,14,16). The van der Waals surface area contributed by atoms with Gasteiger partial charge in [0.15, 0.2) is 0 Å². The summed E-state index contributed by atoms with van der Waals surface area (Å²) in [5.41, 5.74) is 5.54. The Kier molecular flexibility index (Phi) is 4.07. The van der Waals surface area contributed by atoms with Gasteiger partial charge in [0.25, 0.3) is 5.91 Å². The molecule has 0 radical (unpaired) electrons. The number of rotatable bonds is 4. The molecule has 4 N–H and O–H groups in total. The van der Waals surface area contributed by atoms with E-state index in [4.69, 9.17) is 18.0 Å². The molecule has 0 aromatic heterocycles. The van der Waals surface area contributed by atoms with Crippen LogP contribution in [-0.2, 0) is 0 Å². The van der Waals surface area contributed by atoms with Crippen molar-refractivity contribution in [2.45, 2.75) is 13.8 Å². The van der Waals surface area contributed by atoms with E-state index >= 15 is 0 Å². The lowest BCUT2D eigenvalue weighted by Gasteiger charge is -2.23. The molecule has 0 heterocycles. The lowest BCUT2D eigenvalue weighted by atomic mass is 9.93. The molecule has 0 atom stereocenters. The molecule has 0 fully saturated rings. The van der Waals surface area contributed by atoms with E-state index < -0.39 is 5.41 Å². The number of nitrogens with two attached hydrogens (primary N) is 1. The summed E-state index contributed by atoms with van der Waals surface area (Å²) in [4.78, 5) is 12.1. The number of hydrogen-bond donors (Lipinski definition) is 3. The van der Waals surface area contributed by atoms with Crippen LogP contribution < -0.4 is 11.1 Å². The Morgan fingerprint density at radius 3 is 2.71 bits per heavy atom. The molecule has 0 bridgehead atoms. The molecule has 1 rings (SSSR count). The average Bonchev–Trinajstić information content (AvgIpc) is 2.25. The van der Waals surface area contributed by atoms with Crippen LogP contribution in [0.4, 0.5) is 0 Å². The summed E-state index contributed by atoms with van der Waals surface area (Å²) in [6.07, 6.45) is 0. The van der Waals surface area contributed by atoms with Gasteiger partial charge in [-0.3, -0.25) is 4.79 Å². The number of aromatic hydroxyl groups is 1. The zero-order valence-electron chi connectivity index (χ0n) is 9.86. The second-order valence-electron chi connectivity index (χ2n) is 4.48. The van der Waals surface area contributed by atoms with Crippen LogP contribution in [0.15, 0.2) is 24.3 Å². The van der Waals surface area contributed by atoms with Crippen LogP contribution >= 0.6 is 12.2 Å². The fourth-order valence-electron chi connectivity index (χ4n) is 1.14. The first-order valence-electron chi connectivity index (χ1n) is 5.20. The third-order valence-electron chi connectivity index (χ3n) is 2.47. The first kappa shape index (κ1) is 13.4. The third-order valence-corrected chi connectivity index (χ3v) is 3.02. The minimum absolute atomic E-state index is 0.0613. The summed E-state index contributed by atoms with van der Waals surface area (Å²) in [6.45, 7) is 4.08. The number of hydrogen-bond acceptors (Lipinski definition) is 3. The zero-order valence-corrected chi connectivity index (χ0v) is 10.7. The Morgan fingerprint density at radius 1 is 1.53 bits per heavy atom. The van der Waals surface area contributed by atoms with Gasteiger partial charge >= 0.3 is 0 Å². The third kappa shape index (κ3) is 3.71. The molecule has 0 aliphatic rings. The maximum absolute atomic E-state index is 11.8. The van der Waals surface area contributed by atoms with Crippen molar-refractivity contribution < 1.29 is 9.90 Å². The summed E-state index contributed by atoms with van der Waals surface area (Å²) in [5.74, 6) is -0.198. The van der Waals surface area contributed by atoms with E-state index in [-0.39, 0.29) is 11.7 Å². The van der Waals surface area contributed by atoms with Crippen LogP contribution in [0.5, 0.6) is 5.75 Å². The van der Waals surface area contributed by atoms with Gasteiger partial charge in [-0.2, -0.15) is 0 Å². The quantitative estimate of drug-likeness (QED) is 0.709. The van der Waals surface area contributed by atoms with Crippen molar-refractivity contribution in [1.82, 2.24) is 5.32 Å². The van der Waals surface area contributed by atoms with Crippen molar-refractivity contribution in [3.8, 4) is 5.75 Å². The Bertz CT molecular complexity index is 444. The number of benzene rings is 1. The van der Waals surface area contributed by atoms with E-state index in [2.05, 4.69) is 5.32 Å². The molecule has 1 aromatic rings. The molecular weight excluding hydrogens is 236 g/mol. The minimum atomic E-state index is -0.429. The number of phenols is 1. The number of amides is 1. The summed E-state index contributed by atoms with van der Waals surface area (Å²) < 4.78 is 0. The van der Waals surface area contributed by atoms with E-state index in [1.54, 1.807) is 12.1 Å². The highest BCUT2D eigenvalue weighted by Gasteiger charge is 2.22. The van der Waals surface area contributed by atoms with Crippen molar-refractivity contribution in [1.29, 1.82) is 0 Å². The molecule has 1 amide bonds. The summed E-state index contributed by atoms with van der Waals surface area (Å²) in [6, 6.07) is 6.16. The van der Waals surface area contributed by atoms with E-state index in [9.17, 15) is 9.90 Å². The van der Waals surface area contributed by atoms with Gasteiger partial charge in [0.05, 0.1) is 4.99 Å². The molecule has 0 saturated carbocycles. The second kappa shape index (κ2) is 5.14. The molecule has 0 spiro atoms. The molecule has 4 nitrogen and oxygen atoms in total. The maximum atomic E-state index is 11.8. The van der Waals surface area contributed by atoms with Gasteiger partial charge in [-0.15, -0.1) is 0 Å². The van der Waals surface area contributed by atoms with Crippen LogP contribution in [0.3, 0.4) is 0 Å². The highest BCUT2D eigenvalue weighted by molar-refractivity contribution is 7.80. The molecule has 0 aliphatic heterocycles. The molecule has 92 valence electrons. The molecule has 0 aliphatic carbocycles. The molecule has 1 aromatic carbocycles. The normalized spacial score (nSPS) is 10.9. The number of carbonyl (C=O) groups excluding carboxylic acids is 1. The van der Waals surface area contributed by atoms with E-state index in [1.165, 1.54) is 12.1 Å². The highest BCUT2D eigenvalue weighted by Crippen LogP contribution is 2.15. The molecule has 17 heavy (non-hydrogen) atoms. The van der Waals surface area contributed by atoms with Gasteiger partial charge in [-0.05, 0) is 18.2 Å². The molecular formula is C12H16N2O2S. The predicted octanol–water partition coefficient (Wildman–Crippen LogP) is 1.43. The largest absolute Gasteiger partial charge is 0.508 e. The van der Waals surface area contributed by atoms with E-state index in [0.29, 0.717) is 17.1 Å². The van der Waals surface area contributed by atoms with E-state index in [0.717, 1.165) is 0 Å². The number of carbonyl (C=O) groups is 1. The Balaban J connectivity index is 2.65. The van der Waals surface area contributed by atoms with Crippen molar-refractivity contribution in [3.05, 3.63) is 29.8 Å². The van der Waals surface area contributed by atoms with Crippen molar-refractivity contribution >= 4 is 23.1 Å². The SMILES string of the molecule is CC(C)(CNC(=O)c1cccc(O)c1)C(N)=S.